The minimum Gasteiger partial charge on any atom is -0.381 e. The van der Waals surface area contributed by atoms with E-state index in [1.54, 1.807) is 0 Å². The molecule has 2 heterocycles. The van der Waals surface area contributed by atoms with E-state index < -0.39 is 0 Å². The summed E-state index contributed by atoms with van der Waals surface area (Å²) in [6.45, 7) is 2.50. The largest absolute Gasteiger partial charge is 0.381 e. The molecule has 3 rings (SSSR count). The lowest BCUT2D eigenvalue weighted by molar-refractivity contribution is -0.125. The van der Waals surface area contributed by atoms with Crippen molar-refractivity contribution >= 4 is 5.91 Å². The van der Waals surface area contributed by atoms with Crippen molar-refractivity contribution in [3.63, 3.8) is 0 Å². The van der Waals surface area contributed by atoms with E-state index in [-0.39, 0.29) is 11.8 Å². The van der Waals surface area contributed by atoms with Crippen molar-refractivity contribution in [3.8, 4) is 0 Å². The standard InChI is InChI=1S/C12H20N2O2/c15-12(9-1-2-16-7-9)14-11-4-8-3-10(5-11)13-6-8/h8-11,13H,1-7H2,(H,14,15). The molecule has 0 spiro atoms. The van der Waals surface area contributed by atoms with Gasteiger partial charge in [0.25, 0.3) is 0 Å². The molecule has 2 bridgehead atoms. The zero-order valence-electron chi connectivity index (χ0n) is 9.58. The molecule has 2 N–H and O–H groups in total. The molecule has 90 valence electrons. The Morgan fingerprint density at radius 2 is 2.25 bits per heavy atom. The molecule has 0 aromatic rings. The average Bonchev–Trinajstić information content (AvgIpc) is 2.88. The summed E-state index contributed by atoms with van der Waals surface area (Å²) in [5.74, 6) is 1.10. The van der Waals surface area contributed by atoms with E-state index in [9.17, 15) is 4.79 Å². The number of amides is 1. The van der Waals surface area contributed by atoms with Crippen LogP contribution in [0, 0.1) is 11.8 Å². The molecular formula is C12H20N2O2. The Balaban J connectivity index is 1.52. The summed E-state index contributed by atoms with van der Waals surface area (Å²) >= 11 is 0. The van der Waals surface area contributed by atoms with E-state index >= 15 is 0 Å². The third-order valence-corrected chi connectivity index (χ3v) is 4.15. The molecule has 4 heteroatoms. The molecule has 16 heavy (non-hydrogen) atoms. The Bertz CT molecular complexity index is 264. The van der Waals surface area contributed by atoms with Gasteiger partial charge in [-0.15, -0.1) is 0 Å². The molecule has 0 radical (unpaired) electrons. The molecule has 0 aromatic heterocycles. The second-order valence-electron chi connectivity index (χ2n) is 5.44. The van der Waals surface area contributed by atoms with Gasteiger partial charge in [-0.1, -0.05) is 0 Å². The van der Waals surface area contributed by atoms with E-state index in [0.29, 0.717) is 18.7 Å². The Kier molecular flexibility index (Phi) is 2.86. The maximum Gasteiger partial charge on any atom is 0.225 e. The van der Waals surface area contributed by atoms with Crippen molar-refractivity contribution in [2.45, 2.75) is 37.8 Å². The van der Waals surface area contributed by atoms with Crippen LogP contribution in [0.15, 0.2) is 0 Å². The van der Waals surface area contributed by atoms with Gasteiger partial charge in [-0.3, -0.25) is 4.79 Å². The maximum atomic E-state index is 11.9. The van der Waals surface area contributed by atoms with Crippen molar-refractivity contribution in [3.05, 3.63) is 0 Å². The predicted octanol–water partition coefficient (Wildman–Crippen LogP) is 0.280. The quantitative estimate of drug-likeness (QED) is 0.708. The molecule has 2 saturated heterocycles. The second kappa shape index (κ2) is 4.34. The highest BCUT2D eigenvalue weighted by molar-refractivity contribution is 5.79. The molecule has 1 aliphatic carbocycles. The van der Waals surface area contributed by atoms with Crippen LogP contribution in [-0.4, -0.2) is 37.7 Å². The first-order chi connectivity index (χ1) is 7.81. The smallest absolute Gasteiger partial charge is 0.225 e. The van der Waals surface area contributed by atoms with Crippen LogP contribution in [0.3, 0.4) is 0 Å². The minimum atomic E-state index is 0.104. The van der Waals surface area contributed by atoms with Crippen LogP contribution in [0.1, 0.15) is 25.7 Å². The van der Waals surface area contributed by atoms with Crippen LogP contribution in [0.2, 0.25) is 0 Å². The van der Waals surface area contributed by atoms with Crippen LogP contribution >= 0.6 is 0 Å². The zero-order chi connectivity index (χ0) is 11.0. The molecule has 1 saturated carbocycles. The number of hydrogen-bond donors (Lipinski definition) is 2. The van der Waals surface area contributed by atoms with E-state index in [0.717, 1.165) is 38.3 Å². The first-order valence-electron chi connectivity index (χ1n) is 6.43. The lowest BCUT2D eigenvalue weighted by Crippen LogP contribution is -2.43. The van der Waals surface area contributed by atoms with Gasteiger partial charge < -0.3 is 15.4 Å². The van der Waals surface area contributed by atoms with Gasteiger partial charge in [0.15, 0.2) is 0 Å². The van der Waals surface area contributed by atoms with Crippen LogP contribution in [0.5, 0.6) is 0 Å². The van der Waals surface area contributed by atoms with Gasteiger partial charge in [0.2, 0.25) is 5.91 Å². The fourth-order valence-electron chi connectivity index (χ4n) is 3.28. The maximum absolute atomic E-state index is 11.9. The summed E-state index contributed by atoms with van der Waals surface area (Å²) in [7, 11) is 0. The number of nitrogens with one attached hydrogen (secondary N) is 2. The van der Waals surface area contributed by atoms with Gasteiger partial charge in [0.05, 0.1) is 12.5 Å². The number of ether oxygens (including phenoxy) is 1. The van der Waals surface area contributed by atoms with Crippen molar-refractivity contribution in [1.29, 1.82) is 0 Å². The van der Waals surface area contributed by atoms with E-state index in [1.807, 2.05) is 0 Å². The third kappa shape index (κ3) is 2.09. The molecule has 3 aliphatic rings. The first kappa shape index (κ1) is 10.5. The van der Waals surface area contributed by atoms with Gasteiger partial charge >= 0.3 is 0 Å². The van der Waals surface area contributed by atoms with Gasteiger partial charge in [-0.05, 0) is 38.1 Å². The molecule has 1 amide bonds. The SMILES string of the molecule is O=C(NC1CC2CNC(C2)C1)C1CCOC1. The molecule has 4 atom stereocenters. The number of carbonyl (C=O) groups excluding carboxylic acids is 1. The molecule has 0 aromatic carbocycles. The van der Waals surface area contributed by atoms with Crippen LogP contribution in [0.4, 0.5) is 0 Å². The number of rotatable bonds is 2. The van der Waals surface area contributed by atoms with Crippen molar-refractivity contribution in [1.82, 2.24) is 10.6 Å². The van der Waals surface area contributed by atoms with Crippen molar-refractivity contribution in [2.75, 3.05) is 19.8 Å². The molecule has 2 aliphatic heterocycles. The Labute approximate surface area is 96.1 Å². The molecular weight excluding hydrogens is 204 g/mol. The van der Waals surface area contributed by atoms with Crippen LogP contribution in [0.25, 0.3) is 0 Å². The van der Waals surface area contributed by atoms with Crippen LogP contribution in [-0.2, 0) is 9.53 Å². The molecule has 4 unspecified atom stereocenters. The van der Waals surface area contributed by atoms with Gasteiger partial charge in [0, 0.05) is 18.7 Å². The number of hydrogen-bond acceptors (Lipinski definition) is 3. The minimum absolute atomic E-state index is 0.104. The van der Waals surface area contributed by atoms with E-state index in [1.165, 1.54) is 6.42 Å². The molecule has 4 nitrogen and oxygen atoms in total. The van der Waals surface area contributed by atoms with Crippen LogP contribution < -0.4 is 10.6 Å². The monoisotopic (exact) mass is 224 g/mol. The lowest BCUT2D eigenvalue weighted by atomic mass is 9.86. The Morgan fingerprint density at radius 1 is 1.31 bits per heavy atom. The Hall–Kier alpha value is -0.610. The van der Waals surface area contributed by atoms with Gasteiger partial charge in [0.1, 0.15) is 0 Å². The normalized spacial score (nSPS) is 42.2. The highest BCUT2D eigenvalue weighted by Gasteiger charge is 2.35. The van der Waals surface area contributed by atoms with E-state index in [2.05, 4.69) is 10.6 Å². The molecule has 3 fully saturated rings. The highest BCUT2D eigenvalue weighted by Crippen LogP contribution is 2.29. The summed E-state index contributed by atoms with van der Waals surface area (Å²) in [6, 6.07) is 1.04. The second-order valence-corrected chi connectivity index (χ2v) is 5.44. The zero-order valence-corrected chi connectivity index (χ0v) is 9.58. The number of fused-ring (bicyclic) bond motifs is 2. The summed E-state index contributed by atoms with van der Waals surface area (Å²) < 4.78 is 5.25. The summed E-state index contributed by atoms with van der Waals surface area (Å²) in [4.78, 5) is 11.9. The highest BCUT2D eigenvalue weighted by atomic mass is 16.5. The van der Waals surface area contributed by atoms with E-state index in [4.69, 9.17) is 4.74 Å². The summed E-state index contributed by atoms with van der Waals surface area (Å²) in [6.07, 6.45) is 4.46. The van der Waals surface area contributed by atoms with Gasteiger partial charge in [-0.2, -0.15) is 0 Å². The Morgan fingerprint density at radius 3 is 3.00 bits per heavy atom. The van der Waals surface area contributed by atoms with Crippen molar-refractivity contribution < 1.29 is 9.53 Å². The third-order valence-electron chi connectivity index (χ3n) is 4.15. The van der Waals surface area contributed by atoms with Gasteiger partial charge in [-0.25, -0.2) is 0 Å². The van der Waals surface area contributed by atoms with Crippen molar-refractivity contribution in [2.24, 2.45) is 11.8 Å². The number of carbonyl (C=O) groups is 1. The summed E-state index contributed by atoms with van der Waals surface area (Å²) in [5, 5.41) is 6.72. The first-order valence-corrected chi connectivity index (χ1v) is 6.43. The average molecular weight is 224 g/mol. The summed E-state index contributed by atoms with van der Waals surface area (Å²) in [5.41, 5.74) is 0. The predicted molar refractivity (Wildman–Crippen MR) is 60.0 cm³/mol. The fourth-order valence-corrected chi connectivity index (χ4v) is 3.28. The fraction of sp³-hybridized carbons (Fsp3) is 0.917. The lowest BCUT2D eigenvalue weighted by Gasteiger charge is -2.28. The topological polar surface area (TPSA) is 50.4 Å².